The average molecular weight is 557 g/mol. The minimum absolute atomic E-state index is 0.0123. The van der Waals surface area contributed by atoms with Crippen LogP contribution in [0.25, 0.3) is 43.6 Å². The van der Waals surface area contributed by atoms with E-state index >= 15 is 0 Å². The zero-order chi connectivity index (χ0) is 29.6. The molecule has 0 fully saturated rings. The van der Waals surface area contributed by atoms with E-state index in [0.29, 0.717) is 11.3 Å². The lowest BCUT2D eigenvalue weighted by molar-refractivity contribution is -0.659. The smallest absolute Gasteiger partial charge is 0.394 e. The molecule has 2 nitrogen and oxygen atoms in total. The monoisotopic (exact) mass is 556 g/mol. The van der Waals surface area contributed by atoms with Gasteiger partial charge < -0.3 is 4.74 Å². The van der Waals surface area contributed by atoms with E-state index in [9.17, 15) is 13.2 Å². The standard InChI is InChI=1S/C36H37F3NO/c1-20-12-13-24-26(16-20)21(2)30-32-31-25(14-15-40(32)8)23-11-9-10-22(18-35(6,7)36(37,38)39)27(23)17-29(31)41-33(30)28(24)19-34(3,4)5/h9-17H,18-19H2,1-8H3/q+1. The van der Waals surface area contributed by atoms with Gasteiger partial charge in [0.2, 0.25) is 5.69 Å². The van der Waals surface area contributed by atoms with Crippen LogP contribution < -0.4 is 9.30 Å². The van der Waals surface area contributed by atoms with Gasteiger partial charge in [-0.15, -0.1) is 0 Å². The van der Waals surface area contributed by atoms with Crippen molar-refractivity contribution in [3.05, 3.63) is 77.0 Å². The van der Waals surface area contributed by atoms with E-state index in [0.717, 1.165) is 45.0 Å². The van der Waals surface area contributed by atoms with Crippen LogP contribution >= 0.6 is 0 Å². The quantitative estimate of drug-likeness (QED) is 0.156. The third-order valence-electron chi connectivity index (χ3n) is 8.67. The van der Waals surface area contributed by atoms with Crippen LogP contribution in [0.15, 0.2) is 54.7 Å². The Morgan fingerprint density at radius 3 is 2.20 bits per heavy atom. The Hall–Kier alpha value is -3.60. The molecule has 0 radical (unpaired) electrons. The molecule has 4 aromatic carbocycles. The number of hydrogen-bond donors (Lipinski definition) is 0. The number of hydrogen-bond acceptors (Lipinski definition) is 1. The van der Waals surface area contributed by atoms with Gasteiger partial charge in [-0.05, 0) is 70.8 Å². The summed E-state index contributed by atoms with van der Waals surface area (Å²) in [4.78, 5) is 0. The van der Waals surface area contributed by atoms with E-state index in [1.54, 1.807) is 0 Å². The zero-order valence-electron chi connectivity index (χ0n) is 25.1. The summed E-state index contributed by atoms with van der Waals surface area (Å²) in [5, 5.41) is 6.15. The summed E-state index contributed by atoms with van der Waals surface area (Å²) < 4.78 is 50.9. The molecule has 1 aliphatic rings. The van der Waals surface area contributed by atoms with Crippen LogP contribution in [0.3, 0.4) is 0 Å². The molecule has 212 valence electrons. The molecule has 0 amide bonds. The topological polar surface area (TPSA) is 13.1 Å². The first kappa shape index (κ1) is 27.6. The van der Waals surface area contributed by atoms with Crippen molar-refractivity contribution in [3.8, 4) is 22.8 Å². The predicted molar refractivity (Wildman–Crippen MR) is 162 cm³/mol. The predicted octanol–water partition coefficient (Wildman–Crippen LogP) is 10.1. The maximum atomic E-state index is 13.9. The molecule has 1 aromatic heterocycles. The van der Waals surface area contributed by atoms with Gasteiger partial charge in [0.1, 0.15) is 18.5 Å². The molecule has 5 heteroatoms. The van der Waals surface area contributed by atoms with Crippen molar-refractivity contribution < 1.29 is 22.5 Å². The lowest BCUT2D eigenvalue weighted by atomic mass is 9.80. The number of rotatable bonds is 3. The second kappa shape index (κ2) is 8.95. The number of nitrogens with zero attached hydrogens (tertiary/aromatic N) is 1. The highest BCUT2D eigenvalue weighted by Gasteiger charge is 2.47. The number of aryl methyl sites for hydroxylation is 3. The minimum atomic E-state index is -4.31. The second-order valence-corrected chi connectivity index (χ2v) is 13.7. The summed E-state index contributed by atoms with van der Waals surface area (Å²) in [6.45, 7) is 13.5. The van der Waals surface area contributed by atoms with E-state index in [2.05, 4.69) is 76.7 Å². The normalized spacial score (nSPS) is 13.6. The summed E-state index contributed by atoms with van der Waals surface area (Å²) in [7, 11) is 2.06. The molecular weight excluding hydrogens is 519 g/mol. The van der Waals surface area contributed by atoms with E-state index in [-0.39, 0.29) is 11.8 Å². The Morgan fingerprint density at radius 2 is 1.51 bits per heavy atom. The molecule has 0 saturated carbocycles. The van der Waals surface area contributed by atoms with Crippen LogP contribution in [0, 0.1) is 24.7 Å². The summed E-state index contributed by atoms with van der Waals surface area (Å²) in [5.74, 6) is 1.56. The molecule has 0 aliphatic carbocycles. The number of alkyl halides is 3. The maximum Gasteiger partial charge on any atom is 0.394 e. The third kappa shape index (κ3) is 4.36. The molecule has 0 atom stereocenters. The van der Waals surface area contributed by atoms with Gasteiger partial charge in [-0.25, -0.2) is 4.57 Å². The highest BCUT2D eigenvalue weighted by molar-refractivity contribution is 6.16. The van der Waals surface area contributed by atoms with Crippen molar-refractivity contribution >= 4 is 32.3 Å². The van der Waals surface area contributed by atoms with E-state index in [4.69, 9.17) is 4.74 Å². The lowest BCUT2D eigenvalue weighted by Crippen LogP contribution is -2.34. The molecule has 0 saturated heterocycles. The highest BCUT2D eigenvalue weighted by Crippen LogP contribution is 2.53. The van der Waals surface area contributed by atoms with Gasteiger partial charge >= 0.3 is 6.18 Å². The van der Waals surface area contributed by atoms with Gasteiger partial charge in [-0.2, -0.15) is 13.2 Å². The van der Waals surface area contributed by atoms with Crippen molar-refractivity contribution in [2.45, 2.75) is 67.5 Å². The molecular formula is C36H37F3NO+. The van der Waals surface area contributed by atoms with Crippen molar-refractivity contribution in [2.24, 2.45) is 17.9 Å². The fourth-order valence-electron chi connectivity index (χ4n) is 6.48. The summed E-state index contributed by atoms with van der Waals surface area (Å²) in [6, 6.07) is 16.4. The van der Waals surface area contributed by atoms with Gasteiger partial charge in [-0.3, -0.25) is 0 Å². The average Bonchev–Trinajstić information content (AvgIpc) is 2.86. The van der Waals surface area contributed by atoms with E-state index < -0.39 is 11.6 Å². The number of fused-ring (bicyclic) bond motifs is 5. The van der Waals surface area contributed by atoms with Crippen molar-refractivity contribution in [1.82, 2.24) is 0 Å². The SMILES string of the molecule is Cc1ccc2c(CC(C)(C)C)c3c(c(C)c2c1)-c1c2c(cc4c(CC(C)(C)C(F)(F)F)cccc4c2cc[n+]1C)O3. The minimum Gasteiger partial charge on any atom is -0.455 e. The lowest BCUT2D eigenvalue weighted by Gasteiger charge is -2.29. The van der Waals surface area contributed by atoms with Crippen LogP contribution in [0.1, 0.15) is 56.9 Å². The number of halogens is 3. The molecule has 6 rings (SSSR count). The third-order valence-corrected chi connectivity index (χ3v) is 8.67. The number of pyridine rings is 1. The van der Waals surface area contributed by atoms with Crippen LogP contribution in [0.2, 0.25) is 0 Å². The zero-order valence-corrected chi connectivity index (χ0v) is 25.1. The first-order chi connectivity index (χ1) is 19.1. The second-order valence-electron chi connectivity index (χ2n) is 13.7. The molecule has 0 spiro atoms. The number of aromatic nitrogens is 1. The Morgan fingerprint density at radius 1 is 0.780 bits per heavy atom. The molecule has 0 bridgehead atoms. The molecule has 5 aromatic rings. The molecule has 0 unspecified atom stereocenters. The van der Waals surface area contributed by atoms with Gasteiger partial charge in [-0.1, -0.05) is 76.6 Å². The maximum absolute atomic E-state index is 13.9. The van der Waals surface area contributed by atoms with Gasteiger partial charge in [0.25, 0.3) is 0 Å². The van der Waals surface area contributed by atoms with Crippen LogP contribution in [-0.2, 0) is 19.9 Å². The number of benzene rings is 4. The fourth-order valence-corrected chi connectivity index (χ4v) is 6.48. The first-order valence-electron chi connectivity index (χ1n) is 14.2. The van der Waals surface area contributed by atoms with E-state index in [1.165, 1.54) is 41.3 Å². The van der Waals surface area contributed by atoms with Gasteiger partial charge in [0.05, 0.1) is 16.4 Å². The molecule has 41 heavy (non-hydrogen) atoms. The summed E-state index contributed by atoms with van der Waals surface area (Å²) >= 11 is 0. The molecule has 1 aliphatic heterocycles. The Balaban J connectivity index is 1.71. The highest BCUT2D eigenvalue weighted by atomic mass is 19.4. The largest absolute Gasteiger partial charge is 0.455 e. The Labute approximate surface area is 239 Å². The van der Waals surface area contributed by atoms with Crippen molar-refractivity contribution in [3.63, 3.8) is 0 Å². The first-order valence-corrected chi connectivity index (χ1v) is 14.2. The van der Waals surface area contributed by atoms with Crippen LogP contribution in [0.4, 0.5) is 13.2 Å². The fraction of sp³-hybridized carbons (Fsp3) is 0.361. The van der Waals surface area contributed by atoms with Gasteiger partial charge in [0, 0.05) is 17.0 Å². The molecule has 2 heterocycles. The van der Waals surface area contributed by atoms with Crippen LogP contribution in [-0.4, -0.2) is 6.18 Å². The summed E-state index contributed by atoms with van der Waals surface area (Å²) in [6.07, 6.45) is -1.54. The summed E-state index contributed by atoms with van der Waals surface area (Å²) in [5.41, 5.74) is 4.55. The molecule has 0 N–H and O–H groups in total. The van der Waals surface area contributed by atoms with E-state index in [1.807, 2.05) is 24.3 Å². The van der Waals surface area contributed by atoms with Crippen molar-refractivity contribution in [1.29, 1.82) is 0 Å². The van der Waals surface area contributed by atoms with Crippen molar-refractivity contribution in [2.75, 3.05) is 0 Å². The Bertz CT molecular complexity index is 1890. The van der Waals surface area contributed by atoms with Gasteiger partial charge in [0.15, 0.2) is 6.20 Å². The Kier molecular flexibility index (Phi) is 6.02. The van der Waals surface area contributed by atoms with Crippen LogP contribution in [0.5, 0.6) is 11.5 Å². The number of ether oxygens (including phenoxy) is 1.